The Bertz CT molecular complexity index is 1140. The van der Waals surface area contributed by atoms with Crippen LogP contribution in [-0.4, -0.2) is 27.0 Å². The van der Waals surface area contributed by atoms with E-state index >= 15 is 0 Å². The summed E-state index contributed by atoms with van der Waals surface area (Å²) in [7, 11) is 0. The normalized spacial score (nSPS) is 11.2. The first-order chi connectivity index (χ1) is 13.1. The maximum absolute atomic E-state index is 12.4. The number of nitrogens with one attached hydrogen (secondary N) is 1. The zero-order chi connectivity index (χ0) is 18.8. The Morgan fingerprint density at radius 3 is 2.81 bits per heavy atom. The minimum atomic E-state index is -0.0842. The van der Waals surface area contributed by atoms with Gasteiger partial charge >= 0.3 is 0 Å². The maximum Gasteiger partial charge on any atom is 0.251 e. The Labute approximate surface area is 162 Å². The predicted octanol–water partition coefficient (Wildman–Crippen LogP) is 4.37. The zero-order valence-electron chi connectivity index (χ0n) is 14.9. The minimum Gasteiger partial charge on any atom is -0.352 e. The van der Waals surface area contributed by atoms with Crippen LogP contribution in [0.1, 0.15) is 22.6 Å². The number of nitrogens with zero attached hydrogens (tertiary/aromatic N) is 3. The van der Waals surface area contributed by atoms with Gasteiger partial charge in [0.2, 0.25) is 0 Å². The van der Waals surface area contributed by atoms with Gasteiger partial charge in [-0.3, -0.25) is 4.79 Å². The molecule has 0 saturated carbocycles. The van der Waals surface area contributed by atoms with Crippen LogP contribution in [0.4, 0.5) is 0 Å². The van der Waals surface area contributed by atoms with Crippen LogP contribution in [0.2, 0.25) is 5.15 Å². The van der Waals surface area contributed by atoms with Crippen molar-refractivity contribution in [3.8, 4) is 0 Å². The lowest BCUT2D eigenvalue weighted by Gasteiger charge is -2.09. The first-order valence-corrected chi connectivity index (χ1v) is 9.26. The van der Waals surface area contributed by atoms with E-state index in [1.807, 2.05) is 43.3 Å². The van der Waals surface area contributed by atoms with Crippen molar-refractivity contribution in [3.05, 3.63) is 71.1 Å². The van der Waals surface area contributed by atoms with Crippen molar-refractivity contribution in [2.45, 2.75) is 19.9 Å². The lowest BCUT2D eigenvalue weighted by atomic mass is 10.1. The fraction of sp³-hybridized carbons (Fsp3) is 0.190. The molecule has 0 aliphatic heterocycles. The van der Waals surface area contributed by atoms with Crippen molar-refractivity contribution in [3.63, 3.8) is 0 Å². The molecule has 0 bridgehead atoms. The fourth-order valence-corrected chi connectivity index (χ4v) is 3.42. The molecule has 2 aromatic heterocycles. The van der Waals surface area contributed by atoms with Crippen molar-refractivity contribution < 1.29 is 4.79 Å². The van der Waals surface area contributed by atoms with Gasteiger partial charge in [-0.2, -0.15) is 0 Å². The molecule has 27 heavy (non-hydrogen) atoms. The van der Waals surface area contributed by atoms with E-state index in [4.69, 9.17) is 11.6 Å². The Morgan fingerprint density at radius 1 is 1.07 bits per heavy atom. The minimum absolute atomic E-state index is 0.0842. The average Bonchev–Trinajstić information content (AvgIpc) is 2.99. The van der Waals surface area contributed by atoms with Gasteiger partial charge in [0.15, 0.2) is 0 Å². The van der Waals surface area contributed by atoms with Gasteiger partial charge in [-0.05, 0) is 55.8 Å². The van der Waals surface area contributed by atoms with Crippen LogP contribution >= 0.6 is 11.6 Å². The number of rotatable bonds is 5. The average molecular weight is 379 g/mol. The van der Waals surface area contributed by atoms with Crippen LogP contribution in [0, 0.1) is 6.92 Å². The van der Waals surface area contributed by atoms with E-state index in [1.54, 1.807) is 12.1 Å². The number of halogens is 1. The molecule has 5 nitrogen and oxygen atoms in total. The van der Waals surface area contributed by atoms with E-state index in [9.17, 15) is 4.79 Å². The third kappa shape index (κ3) is 3.64. The quantitative estimate of drug-likeness (QED) is 0.414. The predicted molar refractivity (Wildman–Crippen MR) is 108 cm³/mol. The lowest BCUT2D eigenvalue weighted by Crippen LogP contribution is -2.25. The molecule has 0 atom stereocenters. The van der Waals surface area contributed by atoms with Crippen molar-refractivity contribution in [1.29, 1.82) is 0 Å². The molecule has 6 heteroatoms. The summed E-state index contributed by atoms with van der Waals surface area (Å²) in [5, 5.41) is 4.33. The first-order valence-electron chi connectivity index (χ1n) is 8.88. The van der Waals surface area contributed by atoms with Gasteiger partial charge in [0, 0.05) is 24.0 Å². The Balaban J connectivity index is 1.38. The molecule has 4 aromatic rings. The summed E-state index contributed by atoms with van der Waals surface area (Å²) in [5.74, 6) is 0.905. The van der Waals surface area contributed by atoms with E-state index in [-0.39, 0.29) is 5.91 Å². The SMILES string of the molecule is Cc1nc2ccccc2n1CCCNC(=O)c1ccc2nc(Cl)ccc2c1. The number of hydrogen-bond acceptors (Lipinski definition) is 3. The number of fused-ring (bicyclic) bond motifs is 2. The van der Waals surface area contributed by atoms with E-state index < -0.39 is 0 Å². The standard InChI is InChI=1S/C21H19ClN4O/c1-14-24-18-5-2-3-6-19(18)26(14)12-4-11-23-21(27)16-7-9-17-15(13-16)8-10-20(22)25-17/h2-3,5-10,13H,4,11-12H2,1H3,(H,23,27). The molecule has 2 aromatic carbocycles. The van der Waals surface area contributed by atoms with Crippen LogP contribution in [0.25, 0.3) is 21.9 Å². The van der Waals surface area contributed by atoms with Crippen LogP contribution in [0.3, 0.4) is 0 Å². The molecular formula is C21H19ClN4O. The van der Waals surface area contributed by atoms with Gasteiger partial charge in [0.1, 0.15) is 11.0 Å². The molecule has 0 radical (unpaired) electrons. The molecule has 0 aliphatic rings. The highest BCUT2D eigenvalue weighted by atomic mass is 35.5. The van der Waals surface area contributed by atoms with Gasteiger partial charge in [-0.15, -0.1) is 0 Å². The summed E-state index contributed by atoms with van der Waals surface area (Å²) in [6, 6.07) is 17.1. The summed E-state index contributed by atoms with van der Waals surface area (Å²) >= 11 is 5.90. The first kappa shape index (κ1) is 17.5. The highest BCUT2D eigenvalue weighted by Gasteiger charge is 2.08. The van der Waals surface area contributed by atoms with E-state index in [0.717, 1.165) is 40.7 Å². The molecule has 136 valence electrons. The summed E-state index contributed by atoms with van der Waals surface area (Å²) < 4.78 is 2.19. The summed E-state index contributed by atoms with van der Waals surface area (Å²) in [5.41, 5.74) is 3.53. The molecule has 0 unspecified atom stereocenters. The van der Waals surface area contributed by atoms with Crippen molar-refractivity contribution in [2.24, 2.45) is 0 Å². The van der Waals surface area contributed by atoms with Gasteiger partial charge < -0.3 is 9.88 Å². The van der Waals surface area contributed by atoms with E-state index in [1.165, 1.54) is 0 Å². The smallest absolute Gasteiger partial charge is 0.251 e. The number of imidazole rings is 1. The number of para-hydroxylation sites is 2. The molecule has 0 spiro atoms. The molecule has 1 amide bonds. The highest BCUT2D eigenvalue weighted by molar-refractivity contribution is 6.29. The molecule has 0 saturated heterocycles. The number of amides is 1. The molecular weight excluding hydrogens is 360 g/mol. The van der Waals surface area contributed by atoms with E-state index in [2.05, 4.69) is 25.9 Å². The second kappa shape index (κ2) is 7.37. The number of aryl methyl sites for hydroxylation is 2. The summed E-state index contributed by atoms with van der Waals surface area (Å²) in [6.45, 7) is 3.42. The number of benzene rings is 2. The van der Waals surface area contributed by atoms with Gasteiger partial charge in [0.25, 0.3) is 5.91 Å². The molecule has 1 N–H and O–H groups in total. The summed E-state index contributed by atoms with van der Waals surface area (Å²) in [4.78, 5) is 21.2. The Hall–Kier alpha value is -2.92. The third-order valence-corrected chi connectivity index (χ3v) is 4.82. The number of hydrogen-bond donors (Lipinski definition) is 1. The van der Waals surface area contributed by atoms with Crippen molar-refractivity contribution in [1.82, 2.24) is 19.9 Å². The van der Waals surface area contributed by atoms with Gasteiger partial charge in [-0.1, -0.05) is 23.7 Å². The lowest BCUT2D eigenvalue weighted by molar-refractivity contribution is 0.0953. The topological polar surface area (TPSA) is 59.8 Å². The van der Waals surface area contributed by atoms with Crippen LogP contribution in [0.15, 0.2) is 54.6 Å². The number of carbonyl (C=O) groups is 1. The maximum atomic E-state index is 12.4. The van der Waals surface area contributed by atoms with Crippen molar-refractivity contribution >= 4 is 39.4 Å². The van der Waals surface area contributed by atoms with E-state index in [0.29, 0.717) is 17.3 Å². The number of aromatic nitrogens is 3. The number of carbonyl (C=O) groups excluding carboxylic acids is 1. The second-order valence-electron chi connectivity index (χ2n) is 6.45. The third-order valence-electron chi connectivity index (χ3n) is 4.61. The largest absolute Gasteiger partial charge is 0.352 e. The van der Waals surface area contributed by atoms with Crippen LogP contribution < -0.4 is 5.32 Å². The summed E-state index contributed by atoms with van der Waals surface area (Å²) in [6.07, 6.45) is 0.831. The number of pyridine rings is 1. The molecule has 0 aliphatic carbocycles. The van der Waals surface area contributed by atoms with Crippen molar-refractivity contribution in [2.75, 3.05) is 6.54 Å². The fourth-order valence-electron chi connectivity index (χ4n) is 3.26. The zero-order valence-corrected chi connectivity index (χ0v) is 15.7. The van der Waals surface area contributed by atoms with Crippen LogP contribution in [-0.2, 0) is 6.54 Å². The molecule has 4 rings (SSSR count). The van der Waals surface area contributed by atoms with Gasteiger partial charge in [0.05, 0.1) is 16.6 Å². The molecule has 2 heterocycles. The van der Waals surface area contributed by atoms with Crippen LogP contribution in [0.5, 0.6) is 0 Å². The highest BCUT2D eigenvalue weighted by Crippen LogP contribution is 2.18. The Kier molecular flexibility index (Phi) is 4.77. The molecule has 0 fully saturated rings. The Morgan fingerprint density at radius 2 is 1.93 bits per heavy atom. The second-order valence-corrected chi connectivity index (χ2v) is 6.84. The monoisotopic (exact) mass is 378 g/mol. The van der Waals surface area contributed by atoms with Gasteiger partial charge in [-0.25, -0.2) is 9.97 Å².